The van der Waals surface area contributed by atoms with Crippen molar-refractivity contribution in [3.05, 3.63) is 60.2 Å². The van der Waals surface area contributed by atoms with Crippen LogP contribution in [0.25, 0.3) is 0 Å². The number of carbonyl (C=O) groups is 3. The lowest BCUT2D eigenvalue weighted by molar-refractivity contribution is -0.133. The Hall–Kier alpha value is -3.19. The Bertz CT molecular complexity index is 954. The SMILES string of the molecule is COc1ccc(N2C(=O)[C@@H](NC(=O)Cc3ccccc3)[C@H]2CCC(=O)C2CCCO2)cc1. The van der Waals surface area contributed by atoms with Crippen LogP contribution < -0.4 is 15.0 Å². The lowest BCUT2D eigenvalue weighted by atomic mass is 9.88. The first kappa shape index (κ1) is 22.0. The molecular formula is C25H28N2O5. The van der Waals surface area contributed by atoms with Crippen molar-refractivity contribution in [2.24, 2.45) is 0 Å². The maximum absolute atomic E-state index is 13.0. The molecule has 2 amide bonds. The highest BCUT2D eigenvalue weighted by atomic mass is 16.5. The summed E-state index contributed by atoms with van der Waals surface area (Å²) in [7, 11) is 1.58. The molecule has 0 aliphatic carbocycles. The Morgan fingerprint density at radius 1 is 1.12 bits per heavy atom. The third-order valence-corrected chi connectivity index (χ3v) is 6.07. The van der Waals surface area contributed by atoms with Gasteiger partial charge in [-0.25, -0.2) is 0 Å². The molecule has 7 nitrogen and oxygen atoms in total. The molecule has 0 aromatic heterocycles. The van der Waals surface area contributed by atoms with Crippen molar-refractivity contribution in [2.75, 3.05) is 18.6 Å². The standard InChI is InChI=1S/C25H28N2O5/c1-31-19-11-9-18(10-12-19)27-20(13-14-21(28)22-8-5-15-32-22)24(25(27)30)26-23(29)16-17-6-3-2-4-7-17/h2-4,6-7,9-12,20,22,24H,5,8,13-16H2,1H3,(H,26,29)/t20-,22?,24+/m1/s1. The molecule has 2 aromatic rings. The van der Waals surface area contributed by atoms with Gasteiger partial charge >= 0.3 is 0 Å². The molecule has 0 saturated carbocycles. The Kier molecular flexibility index (Phi) is 6.85. The highest BCUT2D eigenvalue weighted by molar-refractivity contribution is 6.07. The minimum Gasteiger partial charge on any atom is -0.497 e. The Morgan fingerprint density at radius 2 is 1.88 bits per heavy atom. The van der Waals surface area contributed by atoms with Gasteiger partial charge in [0.25, 0.3) is 5.91 Å². The molecular weight excluding hydrogens is 408 g/mol. The summed E-state index contributed by atoms with van der Waals surface area (Å²) in [6.45, 7) is 0.620. The minimum absolute atomic E-state index is 0.0610. The zero-order chi connectivity index (χ0) is 22.5. The van der Waals surface area contributed by atoms with Gasteiger partial charge in [0.1, 0.15) is 17.9 Å². The summed E-state index contributed by atoms with van der Waals surface area (Å²) in [4.78, 5) is 39.8. The molecule has 2 aliphatic rings. The van der Waals surface area contributed by atoms with Crippen LogP contribution in [0.3, 0.4) is 0 Å². The molecule has 1 N–H and O–H groups in total. The zero-order valence-electron chi connectivity index (χ0n) is 18.2. The number of ketones is 1. The molecule has 168 valence electrons. The lowest BCUT2D eigenvalue weighted by Crippen LogP contribution is -2.71. The molecule has 2 saturated heterocycles. The first-order valence-corrected chi connectivity index (χ1v) is 11.0. The van der Waals surface area contributed by atoms with Gasteiger partial charge in [-0.05, 0) is 49.1 Å². The smallest absolute Gasteiger partial charge is 0.252 e. The number of amides is 2. The van der Waals surface area contributed by atoms with Crippen LogP contribution in [0.1, 0.15) is 31.2 Å². The maximum atomic E-state index is 13.0. The summed E-state index contributed by atoms with van der Waals surface area (Å²) in [6.07, 6.45) is 2.28. The largest absolute Gasteiger partial charge is 0.497 e. The Balaban J connectivity index is 1.45. The molecule has 7 heteroatoms. The minimum atomic E-state index is -0.648. The fourth-order valence-electron chi connectivity index (χ4n) is 4.35. The van der Waals surface area contributed by atoms with Crippen LogP contribution in [-0.2, 0) is 25.5 Å². The average molecular weight is 437 g/mol. The normalized spacial score (nSPS) is 22.3. The summed E-state index contributed by atoms with van der Waals surface area (Å²) in [5.74, 6) is 0.371. The fraction of sp³-hybridized carbons (Fsp3) is 0.400. The number of Topliss-reactive ketones (excluding diaryl/α,β-unsaturated/α-hetero) is 1. The van der Waals surface area contributed by atoms with Crippen LogP contribution >= 0.6 is 0 Å². The second kappa shape index (κ2) is 9.96. The number of methoxy groups -OCH3 is 1. The molecule has 0 radical (unpaired) electrons. The predicted molar refractivity (Wildman–Crippen MR) is 120 cm³/mol. The number of β-lactam (4-membered cyclic amide) rings is 1. The number of ether oxygens (including phenoxy) is 2. The second-order valence-electron chi connectivity index (χ2n) is 8.19. The number of benzene rings is 2. The second-order valence-corrected chi connectivity index (χ2v) is 8.19. The average Bonchev–Trinajstić information content (AvgIpc) is 3.36. The van der Waals surface area contributed by atoms with E-state index in [4.69, 9.17) is 9.47 Å². The highest BCUT2D eigenvalue weighted by Gasteiger charge is 2.48. The number of nitrogens with one attached hydrogen (secondary N) is 1. The molecule has 2 heterocycles. The first-order chi connectivity index (χ1) is 15.6. The van der Waals surface area contributed by atoms with E-state index < -0.39 is 6.04 Å². The predicted octanol–water partition coefficient (Wildman–Crippen LogP) is 2.67. The van der Waals surface area contributed by atoms with Crippen molar-refractivity contribution < 1.29 is 23.9 Å². The zero-order valence-corrected chi connectivity index (χ0v) is 18.2. The topological polar surface area (TPSA) is 84.9 Å². The van der Waals surface area contributed by atoms with Gasteiger partial charge in [0.05, 0.1) is 19.6 Å². The van der Waals surface area contributed by atoms with Crippen molar-refractivity contribution in [3.8, 4) is 5.75 Å². The van der Waals surface area contributed by atoms with Crippen LogP contribution in [0, 0.1) is 0 Å². The van der Waals surface area contributed by atoms with E-state index in [1.165, 1.54) is 0 Å². The summed E-state index contributed by atoms with van der Waals surface area (Å²) < 4.78 is 10.7. The summed E-state index contributed by atoms with van der Waals surface area (Å²) in [5.41, 5.74) is 1.60. The Morgan fingerprint density at radius 3 is 2.53 bits per heavy atom. The van der Waals surface area contributed by atoms with Crippen LogP contribution in [0.4, 0.5) is 5.69 Å². The number of hydrogen-bond donors (Lipinski definition) is 1. The molecule has 1 unspecified atom stereocenters. The van der Waals surface area contributed by atoms with Gasteiger partial charge in [0.15, 0.2) is 5.78 Å². The third-order valence-electron chi connectivity index (χ3n) is 6.07. The van der Waals surface area contributed by atoms with Gasteiger partial charge in [-0.1, -0.05) is 30.3 Å². The van der Waals surface area contributed by atoms with Crippen LogP contribution in [0.5, 0.6) is 5.75 Å². The van der Waals surface area contributed by atoms with Gasteiger partial charge in [-0.3, -0.25) is 14.4 Å². The van der Waals surface area contributed by atoms with E-state index in [0.717, 1.165) is 24.1 Å². The molecule has 2 aliphatic heterocycles. The fourth-order valence-corrected chi connectivity index (χ4v) is 4.35. The van der Waals surface area contributed by atoms with Gasteiger partial charge in [-0.15, -0.1) is 0 Å². The highest BCUT2D eigenvalue weighted by Crippen LogP contribution is 2.32. The molecule has 32 heavy (non-hydrogen) atoms. The number of anilines is 1. The molecule has 0 bridgehead atoms. The molecule has 4 rings (SSSR count). The van der Waals surface area contributed by atoms with Crippen LogP contribution in [0.2, 0.25) is 0 Å². The van der Waals surface area contributed by atoms with E-state index in [2.05, 4.69) is 5.32 Å². The summed E-state index contributed by atoms with van der Waals surface area (Å²) in [6, 6.07) is 15.7. The third kappa shape index (κ3) is 4.83. The van der Waals surface area contributed by atoms with Crippen molar-refractivity contribution in [3.63, 3.8) is 0 Å². The van der Waals surface area contributed by atoms with Gasteiger partial charge in [0, 0.05) is 18.7 Å². The number of carbonyl (C=O) groups excluding carboxylic acids is 3. The van der Waals surface area contributed by atoms with Crippen molar-refractivity contribution >= 4 is 23.3 Å². The van der Waals surface area contributed by atoms with Crippen molar-refractivity contribution in [2.45, 2.75) is 50.3 Å². The molecule has 3 atom stereocenters. The number of rotatable bonds is 9. The molecule has 0 spiro atoms. The van der Waals surface area contributed by atoms with E-state index in [9.17, 15) is 14.4 Å². The molecule has 2 aromatic carbocycles. The van der Waals surface area contributed by atoms with E-state index in [1.54, 1.807) is 24.1 Å². The van der Waals surface area contributed by atoms with Crippen LogP contribution in [0.15, 0.2) is 54.6 Å². The lowest BCUT2D eigenvalue weighted by Gasteiger charge is -2.47. The number of nitrogens with zero attached hydrogens (tertiary/aromatic N) is 1. The van der Waals surface area contributed by atoms with E-state index in [0.29, 0.717) is 25.2 Å². The maximum Gasteiger partial charge on any atom is 0.252 e. The van der Waals surface area contributed by atoms with Gasteiger partial charge in [-0.2, -0.15) is 0 Å². The van der Waals surface area contributed by atoms with Gasteiger partial charge in [0.2, 0.25) is 5.91 Å². The molecule has 2 fully saturated rings. The van der Waals surface area contributed by atoms with Crippen molar-refractivity contribution in [1.29, 1.82) is 0 Å². The van der Waals surface area contributed by atoms with Crippen molar-refractivity contribution in [1.82, 2.24) is 5.32 Å². The van der Waals surface area contributed by atoms with E-state index in [-0.39, 0.29) is 36.2 Å². The van der Waals surface area contributed by atoms with E-state index in [1.807, 2.05) is 42.5 Å². The van der Waals surface area contributed by atoms with E-state index >= 15 is 0 Å². The van der Waals surface area contributed by atoms with Gasteiger partial charge < -0.3 is 19.7 Å². The summed E-state index contributed by atoms with van der Waals surface area (Å²) in [5, 5.41) is 2.88. The van der Waals surface area contributed by atoms with Crippen LogP contribution in [-0.4, -0.2) is 49.5 Å². The number of hydrogen-bond acceptors (Lipinski definition) is 5. The Labute approximate surface area is 187 Å². The summed E-state index contributed by atoms with van der Waals surface area (Å²) >= 11 is 0. The quantitative estimate of drug-likeness (QED) is 0.611. The first-order valence-electron chi connectivity index (χ1n) is 11.0. The monoisotopic (exact) mass is 436 g/mol.